The number of nitrogens with one attached hydrogen (secondary N) is 3. The van der Waals surface area contributed by atoms with Gasteiger partial charge in [0.2, 0.25) is 5.91 Å². The van der Waals surface area contributed by atoms with E-state index >= 15 is 0 Å². The van der Waals surface area contributed by atoms with Crippen LogP contribution in [-0.4, -0.2) is 11.9 Å². The Balaban J connectivity index is 1.91. The first kappa shape index (κ1) is 18.4. The molecule has 5 nitrogen and oxygen atoms in total. The minimum atomic E-state index is -0.380. The quantitative estimate of drug-likeness (QED) is 0.766. The van der Waals surface area contributed by atoms with Crippen LogP contribution in [0.2, 0.25) is 0 Å². The van der Waals surface area contributed by atoms with Gasteiger partial charge in [-0.3, -0.25) is 4.79 Å². The molecule has 0 aliphatic heterocycles. The number of rotatable bonds is 5. The third kappa shape index (κ3) is 5.60. The standard InChI is InChI=1S/C19H22FN3O2/c1-12(2)18(24)22-15-5-4-6-16(10-15)23-19(25)21-11-14-7-8-17(20)13(3)9-14/h4-10,12H,11H2,1-3H3,(H,22,24)(H2,21,23,25). The summed E-state index contributed by atoms with van der Waals surface area (Å²) in [5, 5.41) is 8.20. The van der Waals surface area contributed by atoms with E-state index in [1.807, 2.05) is 13.8 Å². The molecule has 3 amide bonds. The van der Waals surface area contributed by atoms with Gasteiger partial charge in [-0.15, -0.1) is 0 Å². The fourth-order valence-electron chi connectivity index (χ4n) is 2.14. The van der Waals surface area contributed by atoms with E-state index in [0.717, 1.165) is 5.56 Å². The molecule has 2 aromatic carbocycles. The molecule has 0 aromatic heterocycles. The van der Waals surface area contributed by atoms with Crippen LogP contribution in [0.4, 0.5) is 20.6 Å². The van der Waals surface area contributed by atoms with Gasteiger partial charge in [-0.1, -0.05) is 32.0 Å². The van der Waals surface area contributed by atoms with E-state index in [2.05, 4.69) is 16.0 Å². The van der Waals surface area contributed by atoms with E-state index in [1.165, 1.54) is 6.07 Å². The van der Waals surface area contributed by atoms with Gasteiger partial charge in [0, 0.05) is 23.8 Å². The average molecular weight is 343 g/mol. The largest absolute Gasteiger partial charge is 0.334 e. The molecule has 132 valence electrons. The van der Waals surface area contributed by atoms with Crippen molar-refractivity contribution in [2.45, 2.75) is 27.3 Å². The zero-order valence-electron chi connectivity index (χ0n) is 14.5. The number of urea groups is 1. The fourth-order valence-corrected chi connectivity index (χ4v) is 2.14. The number of anilines is 2. The van der Waals surface area contributed by atoms with E-state index in [9.17, 15) is 14.0 Å². The number of halogens is 1. The van der Waals surface area contributed by atoms with E-state index in [4.69, 9.17) is 0 Å². The molecule has 0 unspecified atom stereocenters. The van der Waals surface area contributed by atoms with Gasteiger partial charge in [-0.2, -0.15) is 0 Å². The predicted octanol–water partition coefficient (Wildman–Crippen LogP) is 4.05. The highest BCUT2D eigenvalue weighted by atomic mass is 19.1. The summed E-state index contributed by atoms with van der Waals surface area (Å²) < 4.78 is 13.2. The van der Waals surface area contributed by atoms with Crippen LogP contribution in [-0.2, 0) is 11.3 Å². The SMILES string of the molecule is Cc1cc(CNC(=O)Nc2cccc(NC(=O)C(C)C)c2)ccc1F. The van der Waals surface area contributed by atoms with Crippen LogP contribution >= 0.6 is 0 Å². The predicted molar refractivity (Wildman–Crippen MR) is 96.9 cm³/mol. The number of aryl methyl sites for hydroxylation is 1. The van der Waals surface area contributed by atoms with E-state index < -0.39 is 0 Å². The first-order valence-electron chi connectivity index (χ1n) is 8.06. The summed E-state index contributed by atoms with van der Waals surface area (Å²) in [6.07, 6.45) is 0. The lowest BCUT2D eigenvalue weighted by Gasteiger charge is -2.11. The Morgan fingerprint density at radius 2 is 1.72 bits per heavy atom. The van der Waals surface area contributed by atoms with Gasteiger partial charge < -0.3 is 16.0 Å². The van der Waals surface area contributed by atoms with Crippen molar-refractivity contribution in [2.24, 2.45) is 5.92 Å². The molecule has 0 radical (unpaired) electrons. The Labute approximate surface area is 146 Å². The van der Waals surface area contributed by atoms with Gasteiger partial charge in [0.15, 0.2) is 0 Å². The van der Waals surface area contributed by atoms with E-state index in [-0.39, 0.29) is 30.2 Å². The normalized spacial score (nSPS) is 10.4. The van der Waals surface area contributed by atoms with Crippen molar-refractivity contribution in [1.82, 2.24) is 5.32 Å². The maximum atomic E-state index is 13.2. The molecule has 0 aliphatic carbocycles. The van der Waals surface area contributed by atoms with Gasteiger partial charge in [0.1, 0.15) is 5.82 Å². The Morgan fingerprint density at radius 3 is 2.36 bits per heavy atom. The second-order valence-corrected chi connectivity index (χ2v) is 6.12. The van der Waals surface area contributed by atoms with Gasteiger partial charge in [0.25, 0.3) is 0 Å². The van der Waals surface area contributed by atoms with Crippen molar-refractivity contribution in [3.8, 4) is 0 Å². The van der Waals surface area contributed by atoms with Crippen LogP contribution in [0.1, 0.15) is 25.0 Å². The molecule has 0 atom stereocenters. The molecule has 3 N–H and O–H groups in total. The van der Waals surface area contributed by atoms with Gasteiger partial charge in [-0.25, -0.2) is 9.18 Å². The second-order valence-electron chi connectivity index (χ2n) is 6.12. The molecule has 2 rings (SSSR count). The minimum absolute atomic E-state index is 0.0896. The summed E-state index contributed by atoms with van der Waals surface area (Å²) in [4.78, 5) is 23.7. The van der Waals surface area contributed by atoms with Gasteiger partial charge in [-0.05, 0) is 42.3 Å². The zero-order valence-corrected chi connectivity index (χ0v) is 14.5. The van der Waals surface area contributed by atoms with Crippen LogP contribution < -0.4 is 16.0 Å². The molecular weight excluding hydrogens is 321 g/mol. The van der Waals surface area contributed by atoms with Gasteiger partial charge in [0.05, 0.1) is 0 Å². The molecule has 0 saturated carbocycles. The number of benzene rings is 2. The Bertz CT molecular complexity index is 775. The molecule has 25 heavy (non-hydrogen) atoms. The maximum absolute atomic E-state index is 13.2. The third-order valence-corrected chi connectivity index (χ3v) is 3.59. The Kier molecular flexibility index (Phi) is 6.11. The van der Waals surface area contributed by atoms with Crippen LogP contribution in [0.3, 0.4) is 0 Å². The fraction of sp³-hybridized carbons (Fsp3) is 0.263. The summed E-state index contributed by atoms with van der Waals surface area (Å²) in [5.74, 6) is -0.485. The molecular formula is C19H22FN3O2. The highest BCUT2D eigenvalue weighted by Crippen LogP contribution is 2.16. The van der Waals surface area contributed by atoms with Crippen LogP contribution in [0.25, 0.3) is 0 Å². The van der Waals surface area contributed by atoms with Crippen molar-refractivity contribution in [2.75, 3.05) is 10.6 Å². The monoisotopic (exact) mass is 343 g/mol. The van der Waals surface area contributed by atoms with Crippen molar-refractivity contribution in [3.05, 3.63) is 59.4 Å². The number of hydrogen-bond acceptors (Lipinski definition) is 2. The maximum Gasteiger partial charge on any atom is 0.319 e. The third-order valence-electron chi connectivity index (χ3n) is 3.59. The van der Waals surface area contributed by atoms with Crippen LogP contribution in [0, 0.1) is 18.7 Å². The Morgan fingerprint density at radius 1 is 1.04 bits per heavy atom. The van der Waals surface area contributed by atoms with Crippen molar-refractivity contribution in [3.63, 3.8) is 0 Å². The summed E-state index contributed by atoms with van der Waals surface area (Å²) in [6, 6.07) is 11.2. The topological polar surface area (TPSA) is 70.2 Å². The van der Waals surface area contributed by atoms with Crippen LogP contribution in [0.15, 0.2) is 42.5 Å². The smallest absolute Gasteiger partial charge is 0.319 e. The van der Waals surface area contributed by atoms with Crippen molar-refractivity contribution >= 4 is 23.3 Å². The highest BCUT2D eigenvalue weighted by molar-refractivity contribution is 5.94. The summed E-state index contributed by atoms with van der Waals surface area (Å²) in [7, 11) is 0. The van der Waals surface area contributed by atoms with Crippen molar-refractivity contribution < 1.29 is 14.0 Å². The lowest BCUT2D eigenvalue weighted by atomic mass is 10.1. The lowest BCUT2D eigenvalue weighted by Crippen LogP contribution is -2.28. The molecule has 0 bridgehead atoms. The van der Waals surface area contributed by atoms with Crippen LogP contribution in [0.5, 0.6) is 0 Å². The minimum Gasteiger partial charge on any atom is -0.334 e. The molecule has 0 heterocycles. The number of carbonyl (C=O) groups is 2. The molecule has 0 fully saturated rings. The molecule has 2 aromatic rings. The lowest BCUT2D eigenvalue weighted by molar-refractivity contribution is -0.118. The summed E-state index contributed by atoms with van der Waals surface area (Å²) in [5.41, 5.74) is 2.53. The zero-order chi connectivity index (χ0) is 18.4. The molecule has 6 heteroatoms. The molecule has 0 aliphatic rings. The van der Waals surface area contributed by atoms with E-state index in [0.29, 0.717) is 16.9 Å². The van der Waals surface area contributed by atoms with Gasteiger partial charge >= 0.3 is 6.03 Å². The molecule has 0 saturated heterocycles. The second kappa shape index (κ2) is 8.28. The molecule has 0 spiro atoms. The highest BCUT2D eigenvalue weighted by Gasteiger charge is 2.08. The first-order chi connectivity index (χ1) is 11.8. The number of carbonyl (C=O) groups excluding carboxylic acids is 2. The average Bonchev–Trinajstić information content (AvgIpc) is 2.56. The summed E-state index contributed by atoms with van der Waals surface area (Å²) in [6.45, 7) is 5.58. The number of amides is 3. The van der Waals surface area contributed by atoms with Crippen molar-refractivity contribution in [1.29, 1.82) is 0 Å². The number of hydrogen-bond donors (Lipinski definition) is 3. The first-order valence-corrected chi connectivity index (χ1v) is 8.06. The van der Waals surface area contributed by atoms with E-state index in [1.54, 1.807) is 43.3 Å². The summed E-state index contributed by atoms with van der Waals surface area (Å²) >= 11 is 0. The Hall–Kier alpha value is -2.89.